The van der Waals surface area contributed by atoms with Crippen LogP contribution in [0.25, 0.3) is 0 Å². The second-order valence-corrected chi connectivity index (χ2v) is 4.26. The highest BCUT2D eigenvalue weighted by Gasteiger charge is 2.24. The lowest BCUT2D eigenvalue weighted by Crippen LogP contribution is -2.44. The summed E-state index contributed by atoms with van der Waals surface area (Å²) in [7, 11) is 0. The minimum atomic E-state index is 0.280. The molecule has 0 aromatic heterocycles. The topological polar surface area (TPSA) is 47.3 Å². The number of benzene rings is 1. The van der Waals surface area contributed by atoms with Crippen molar-refractivity contribution in [3.63, 3.8) is 0 Å². The maximum absolute atomic E-state index is 5.77. The molecular weight excluding hydrogens is 200 g/mol. The second kappa shape index (κ2) is 5.99. The van der Waals surface area contributed by atoms with E-state index in [1.807, 2.05) is 6.07 Å². The van der Waals surface area contributed by atoms with Gasteiger partial charge in [-0.3, -0.25) is 0 Å². The van der Waals surface area contributed by atoms with Crippen molar-refractivity contribution in [2.24, 2.45) is 5.73 Å². The van der Waals surface area contributed by atoms with Crippen LogP contribution in [0.1, 0.15) is 18.4 Å². The van der Waals surface area contributed by atoms with Crippen molar-refractivity contribution in [3.8, 4) is 0 Å². The molecule has 0 amide bonds. The molecule has 0 spiro atoms. The molecule has 1 aromatic rings. The summed E-state index contributed by atoms with van der Waals surface area (Å²) < 4.78 is 5.65. The summed E-state index contributed by atoms with van der Waals surface area (Å²) in [5.74, 6) is 0. The predicted molar refractivity (Wildman–Crippen MR) is 65.1 cm³/mol. The number of ether oxygens (including phenoxy) is 1. The van der Waals surface area contributed by atoms with E-state index in [2.05, 4.69) is 29.6 Å². The van der Waals surface area contributed by atoms with E-state index in [1.54, 1.807) is 0 Å². The summed E-state index contributed by atoms with van der Waals surface area (Å²) in [4.78, 5) is 0. The molecule has 3 N–H and O–H groups in total. The molecule has 0 aliphatic carbocycles. The Kier molecular flexibility index (Phi) is 4.34. The van der Waals surface area contributed by atoms with Crippen LogP contribution in [-0.4, -0.2) is 25.3 Å². The molecule has 1 aromatic carbocycles. The van der Waals surface area contributed by atoms with Crippen molar-refractivity contribution in [2.45, 2.75) is 31.5 Å². The first kappa shape index (κ1) is 11.6. The first-order valence-electron chi connectivity index (χ1n) is 5.99. The van der Waals surface area contributed by atoms with Crippen LogP contribution < -0.4 is 11.1 Å². The van der Waals surface area contributed by atoms with Gasteiger partial charge in [-0.05, 0) is 18.4 Å². The van der Waals surface area contributed by atoms with Gasteiger partial charge in [0.05, 0.1) is 6.10 Å². The Balaban J connectivity index is 1.83. The summed E-state index contributed by atoms with van der Waals surface area (Å²) in [6.07, 6.45) is 2.59. The molecule has 0 bridgehead atoms. The Morgan fingerprint density at radius 1 is 1.38 bits per heavy atom. The highest BCUT2D eigenvalue weighted by atomic mass is 16.5. The highest BCUT2D eigenvalue weighted by molar-refractivity contribution is 5.14. The zero-order valence-electron chi connectivity index (χ0n) is 9.56. The summed E-state index contributed by atoms with van der Waals surface area (Å²) in [5.41, 5.74) is 7.06. The van der Waals surface area contributed by atoms with Gasteiger partial charge in [-0.15, -0.1) is 0 Å². The summed E-state index contributed by atoms with van der Waals surface area (Å²) in [6, 6.07) is 10.7. The van der Waals surface area contributed by atoms with Crippen molar-refractivity contribution < 1.29 is 4.74 Å². The van der Waals surface area contributed by atoms with Gasteiger partial charge in [0.15, 0.2) is 0 Å². The Labute approximate surface area is 97.0 Å². The molecule has 88 valence electrons. The van der Waals surface area contributed by atoms with Crippen molar-refractivity contribution in [1.82, 2.24) is 5.32 Å². The third kappa shape index (κ3) is 3.04. The van der Waals surface area contributed by atoms with Crippen molar-refractivity contribution >= 4 is 0 Å². The molecule has 2 unspecified atom stereocenters. The minimum absolute atomic E-state index is 0.280. The van der Waals surface area contributed by atoms with Crippen LogP contribution in [0.2, 0.25) is 0 Å². The summed E-state index contributed by atoms with van der Waals surface area (Å²) in [5, 5.41) is 3.48. The molecule has 16 heavy (non-hydrogen) atoms. The normalized spacial score (nSPS) is 22.2. The third-order valence-electron chi connectivity index (χ3n) is 3.08. The van der Waals surface area contributed by atoms with Crippen LogP contribution in [0.4, 0.5) is 0 Å². The lowest BCUT2D eigenvalue weighted by Gasteiger charge is -2.22. The Hall–Kier alpha value is -0.900. The SMILES string of the molecule is NCC(NCc1ccccc1)C1CCCO1. The van der Waals surface area contributed by atoms with E-state index in [0.29, 0.717) is 12.6 Å². The average Bonchev–Trinajstić information content (AvgIpc) is 2.85. The molecule has 1 saturated heterocycles. The second-order valence-electron chi connectivity index (χ2n) is 4.26. The van der Waals surface area contributed by atoms with Crippen molar-refractivity contribution in [1.29, 1.82) is 0 Å². The lowest BCUT2D eigenvalue weighted by atomic mass is 10.1. The fraction of sp³-hybridized carbons (Fsp3) is 0.538. The van der Waals surface area contributed by atoms with Gasteiger partial charge in [-0.2, -0.15) is 0 Å². The molecule has 1 aliphatic rings. The standard InChI is InChI=1S/C13H20N2O/c14-9-12(13-7-4-8-16-13)15-10-11-5-2-1-3-6-11/h1-3,5-6,12-13,15H,4,7-10,14H2. The van der Waals surface area contributed by atoms with Gasteiger partial charge in [-0.25, -0.2) is 0 Å². The van der Waals surface area contributed by atoms with Gasteiger partial charge < -0.3 is 15.8 Å². The Morgan fingerprint density at radius 3 is 2.81 bits per heavy atom. The fourth-order valence-electron chi connectivity index (χ4n) is 2.13. The van der Waals surface area contributed by atoms with Gasteiger partial charge in [0.1, 0.15) is 0 Å². The number of hydrogen-bond acceptors (Lipinski definition) is 3. The molecule has 3 heteroatoms. The van der Waals surface area contributed by atoms with Crippen LogP contribution >= 0.6 is 0 Å². The summed E-state index contributed by atoms with van der Waals surface area (Å²) in [6.45, 7) is 2.38. The molecule has 3 nitrogen and oxygen atoms in total. The number of nitrogens with one attached hydrogen (secondary N) is 1. The smallest absolute Gasteiger partial charge is 0.0741 e. The first-order valence-corrected chi connectivity index (χ1v) is 5.99. The molecule has 1 fully saturated rings. The van der Waals surface area contributed by atoms with E-state index in [-0.39, 0.29) is 6.04 Å². The van der Waals surface area contributed by atoms with E-state index in [9.17, 15) is 0 Å². The predicted octanol–water partition coefficient (Wildman–Crippen LogP) is 1.28. The number of rotatable bonds is 5. The number of hydrogen-bond donors (Lipinski definition) is 2. The van der Waals surface area contributed by atoms with Gasteiger partial charge in [0.25, 0.3) is 0 Å². The van der Waals surface area contributed by atoms with Crippen molar-refractivity contribution in [3.05, 3.63) is 35.9 Å². The van der Waals surface area contributed by atoms with Gasteiger partial charge in [-0.1, -0.05) is 30.3 Å². The van der Waals surface area contributed by atoms with Gasteiger partial charge >= 0.3 is 0 Å². The molecule has 2 atom stereocenters. The minimum Gasteiger partial charge on any atom is -0.377 e. The molecule has 2 rings (SSSR count). The van der Waals surface area contributed by atoms with Crippen LogP contribution in [-0.2, 0) is 11.3 Å². The molecule has 1 heterocycles. The molecular formula is C13H20N2O. The molecule has 1 aliphatic heterocycles. The average molecular weight is 220 g/mol. The Morgan fingerprint density at radius 2 is 2.19 bits per heavy atom. The maximum atomic E-state index is 5.77. The van der Waals surface area contributed by atoms with E-state index in [1.165, 1.54) is 5.56 Å². The quantitative estimate of drug-likeness (QED) is 0.786. The first-order chi connectivity index (χ1) is 7.90. The zero-order chi connectivity index (χ0) is 11.2. The van der Waals surface area contributed by atoms with Crippen LogP contribution in [0.5, 0.6) is 0 Å². The Bertz CT molecular complexity index is 296. The highest BCUT2D eigenvalue weighted by Crippen LogP contribution is 2.15. The lowest BCUT2D eigenvalue weighted by molar-refractivity contribution is 0.0802. The van der Waals surface area contributed by atoms with Gasteiger partial charge in [0, 0.05) is 25.7 Å². The molecule has 0 radical (unpaired) electrons. The fourth-order valence-corrected chi connectivity index (χ4v) is 2.13. The van der Waals surface area contributed by atoms with Crippen LogP contribution in [0.3, 0.4) is 0 Å². The summed E-state index contributed by atoms with van der Waals surface area (Å²) >= 11 is 0. The van der Waals surface area contributed by atoms with Gasteiger partial charge in [0.2, 0.25) is 0 Å². The largest absolute Gasteiger partial charge is 0.377 e. The van der Waals surface area contributed by atoms with E-state index < -0.39 is 0 Å². The number of nitrogens with two attached hydrogens (primary N) is 1. The van der Waals surface area contributed by atoms with Crippen LogP contribution in [0, 0.1) is 0 Å². The van der Waals surface area contributed by atoms with E-state index >= 15 is 0 Å². The van der Waals surface area contributed by atoms with Crippen LogP contribution in [0.15, 0.2) is 30.3 Å². The van der Waals surface area contributed by atoms with E-state index in [0.717, 1.165) is 26.0 Å². The monoisotopic (exact) mass is 220 g/mol. The van der Waals surface area contributed by atoms with E-state index in [4.69, 9.17) is 10.5 Å². The zero-order valence-corrected chi connectivity index (χ0v) is 9.56. The third-order valence-corrected chi connectivity index (χ3v) is 3.08. The van der Waals surface area contributed by atoms with Crippen molar-refractivity contribution in [2.75, 3.05) is 13.2 Å². The molecule has 0 saturated carbocycles. The maximum Gasteiger partial charge on any atom is 0.0741 e.